The highest BCUT2D eigenvalue weighted by molar-refractivity contribution is 5.74. The first kappa shape index (κ1) is 17.8. The third-order valence-electron chi connectivity index (χ3n) is 4.03. The molecule has 6 nitrogen and oxygen atoms in total. The summed E-state index contributed by atoms with van der Waals surface area (Å²) in [6, 6.07) is 0.102. The van der Waals surface area contributed by atoms with E-state index in [4.69, 9.17) is 5.11 Å². The van der Waals surface area contributed by atoms with Crippen LogP contribution in [0.1, 0.15) is 32.6 Å². The maximum absolute atomic E-state index is 12.5. The Morgan fingerprint density at radius 3 is 2.29 bits per heavy atom. The average molecular weight is 299 g/mol. The van der Waals surface area contributed by atoms with Gasteiger partial charge in [-0.1, -0.05) is 0 Å². The molecule has 122 valence electrons. The van der Waals surface area contributed by atoms with Crippen LogP contribution in [-0.4, -0.2) is 78.6 Å². The Hall–Kier alpha value is -1.30. The van der Waals surface area contributed by atoms with Gasteiger partial charge in [0.1, 0.15) is 0 Å². The van der Waals surface area contributed by atoms with Crippen molar-refractivity contribution < 1.29 is 14.7 Å². The summed E-state index contributed by atoms with van der Waals surface area (Å²) >= 11 is 0. The third-order valence-corrected chi connectivity index (χ3v) is 4.03. The number of urea groups is 1. The van der Waals surface area contributed by atoms with E-state index in [1.54, 1.807) is 0 Å². The number of carboxylic acid groups (broad SMARTS) is 1. The molecule has 1 fully saturated rings. The van der Waals surface area contributed by atoms with Crippen molar-refractivity contribution in [3.8, 4) is 0 Å². The predicted octanol–water partition coefficient (Wildman–Crippen LogP) is 1.57. The molecule has 0 radical (unpaired) electrons. The largest absolute Gasteiger partial charge is 0.481 e. The molecule has 0 aromatic rings. The molecule has 0 unspecified atom stereocenters. The van der Waals surface area contributed by atoms with Gasteiger partial charge in [-0.25, -0.2) is 4.79 Å². The molecule has 1 heterocycles. The molecule has 1 rings (SSSR count). The quantitative estimate of drug-likeness (QED) is 0.775. The van der Waals surface area contributed by atoms with Gasteiger partial charge in [-0.15, -0.1) is 0 Å². The summed E-state index contributed by atoms with van der Waals surface area (Å²) in [5, 5.41) is 8.82. The Morgan fingerprint density at radius 2 is 1.81 bits per heavy atom. The number of likely N-dealkylation sites (tertiary alicyclic amines) is 1. The van der Waals surface area contributed by atoms with Gasteiger partial charge in [0.2, 0.25) is 0 Å². The van der Waals surface area contributed by atoms with E-state index in [0.29, 0.717) is 13.1 Å². The minimum absolute atomic E-state index is 0.102. The van der Waals surface area contributed by atoms with Crippen LogP contribution in [-0.2, 0) is 4.79 Å². The minimum atomic E-state index is -0.737. The summed E-state index contributed by atoms with van der Waals surface area (Å²) in [4.78, 5) is 29.1. The van der Waals surface area contributed by atoms with Gasteiger partial charge in [0, 0.05) is 32.6 Å². The number of rotatable bonds is 7. The molecule has 2 amide bonds. The van der Waals surface area contributed by atoms with Gasteiger partial charge in [0.05, 0.1) is 0 Å². The summed E-state index contributed by atoms with van der Waals surface area (Å²) in [7, 11) is 4.07. The lowest BCUT2D eigenvalue weighted by molar-refractivity contribution is -0.138. The van der Waals surface area contributed by atoms with Crippen molar-refractivity contribution in [2.45, 2.75) is 32.6 Å². The molecule has 0 atom stereocenters. The summed E-state index contributed by atoms with van der Waals surface area (Å²) in [5.41, 5.74) is 0. The molecular formula is C15H29N3O3. The summed E-state index contributed by atoms with van der Waals surface area (Å²) < 4.78 is 0. The van der Waals surface area contributed by atoms with Gasteiger partial charge in [-0.05, 0) is 52.7 Å². The topological polar surface area (TPSA) is 64.1 Å². The second-order valence-corrected chi connectivity index (χ2v) is 6.05. The molecule has 1 aliphatic rings. The molecule has 0 spiro atoms. The van der Waals surface area contributed by atoms with Crippen LogP contribution in [0.15, 0.2) is 0 Å². The Morgan fingerprint density at radius 1 is 1.19 bits per heavy atom. The van der Waals surface area contributed by atoms with E-state index < -0.39 is 5.97 Å². The fourth-order valence-corrected chi connectivity index (χ4v) is 2.74. The lowest BCUT2D eigenvalue weighted by Gasteiger charge is -2.35. The van der Waals surface area contributed by atoms with Crippen LogP contribution < -0.4 is 0 Å². The van der Waals surface area contributed by atoms with Crippen LogP contribution >= 0.6 is 0 Å². The van der Waals surface area contributed by atoms with Crippen LogP contribution in [0.25, 0.3) is 0 Å². The standard InChI is InChI=1S/C15H29N3O3/c1-4-17(9-5-8-16(2)3)15(21)18-10-6-13(7-11-18)12-14(19)20/h13H,4-12H2,1-3H3,(H,19,20). The van der Waals surface area contributed by atoms with Crippen LogP contribution in [0, 0.1) is 5.92 Å². The van der Waals surface area contributed by atoms with Crippen molar-refractivity contribution in [3.05, 3.63) is 0 Å². The van der Waals surface area contributed by atoms with E-state index in [2.05, 4.69) is 4.90 Å². The highest BCUT2D eigenvalue weighted by atomic mass is 16.4. The highest BCUT2D eigenvalue weighted by Gasteiger charge is 2.26. The lowest BCUT2D eigenvalue weighted by Crippen LogP contribution is -2.47. The summed E-state index contributed by atoms with van der Waals surface area (Å²) in [6.07, 6.45) is 2.80. The van der Waals surface area contributed by atoms with E-state index in [1.165, 1.54) is 0 Å². The molecule has 0 bridgehead atoms. The van der Waals surface area contributed by atoms with Crippen LogP contribution in [0.3, 0.4) is 0 Å². The number of nitrogens with zero attached hydrogens (tertiary/aromatic N) is 3. The van der Waals surface area contributed by atoms with Crippen LogP contribution in [0.5, 0.6) is 0 Å². The van der Waals surface area contributed by atoms with Gasteiger partial charge in [0.25, 0.3) is 0 Å². The fourth-order valence-electron chi connectivity index (χ4n) is 2.74. The van der Waals surface area contributed by atoms with Crippen molar-refractivity contribution in [3.63, 3.8) is 0 Å². The molecular weight excluding hydrogens is 270 g/mol. The number of hydrogen-bond donors (Lipinski definition) is 1. The van der Waals surface area contributed by atoms with Crippen molar-refractivity contribution in [1.29, 1.82) is 0 Å². The van der Waals surface area contributed by atoms with Gasteiger partial charge < -0.3 is 19.8 Å². The Balaban J connectivity index is 2.38. The molecule has 0 aliphatic carbocycles. The Labute approximate surface area is 127 Å². The second-order valence-electron chi connectivity index (χ2n) is 6.05. The van der Waals surface area contributed by atoms with E-state index in [9.17, 15) is 9.59 Å². The lowest BCUT2D eigenvalue weighted by atomic mass is 9.94. The maximum atomic E-state index is 12.5. The van der Waals surface area contributed by atoms with Crippen LogP contribution in [0.4, 0.5) is 4.79 Å². The predicted molar refractivity (Wildman–Crippen MR) is 82.4 cm³/mol. The molecule has 21 heavy (non-hydrogen) atoms. The van der Waals surface area contributed by atoms with Gasteiger partial charge in [0.15, 0.2) is 0 Å². The first-order valence-corrected chi connectivity index (χ1v) is 7.84. The van der Waals surface area contributed by atoms with Gasteiger partial charge in [-0.3, -0.25) is 4.79 Å². The Bertz CT molecular complexity index is 339. The van der Waals surface area contributed by atoms with Crippen LogP contribution in [0.2, 0.25) is 0 Å². The molecule has 6 heteroatoms. The minimum Gasteiger partial charge on any atom is -0.481 e. The average Bonchev–Trinajstić information content (AvgIpc) is 2.43. The van der Waals surface area contributed by atoms with Crippen molar-refractivity contribution in [2.75, 3.05) is 46.8 Å². The monoisotopic (exact) mass is 299 g/mol. The molecule has 0 aromatic carbocycles. The number of carboxylic acids is 1. The third kappa shape index (κ3) is 6.33. The summed E-state index contributed by atoms with van der Waals surface area (Å²) in [5.74, 6) is -0.519. The number of piperidine rings is 1. The number of amides is 2. The number of carbonyl (C=O) groups is 2. The molecule has 0 saturated carbocycles. The smallest absolute Gasteiger partial charge is 0.319 e. The number of hydrogen-bond acceptors (Lipinski definition) is 3. The molecule has 1 aliphatic heterocycles. The van der Waals surface area contributed by atoms with E-state index in [1.807, 2.05) is 30.8 Å². The molecule has 1 N–H and O–H groups in total. The first-order chi connectivity index (χ1) is 9.93. The number of carbonyl (C=O) groups excluding carboxylic acids is 1. The summed E-state index contributed by atoms with van der Waals surface area (Å²) in [6.45, 7) is 5.85. The normalized spacial score (nSPS) is 16.3. The zero-order valence-electron chi connectivity index (χ0n) is 13.5. The van der Waals surface area contributed by atoms with E-state index >= 15 is 0 Å². The number of aliphatic carboxylic acids is 1. The second kappa shape index (κ2) is 8.87. The molecule has 1 saturated heterocycles. The van der Waals surface area contributed by atoms with Crippen molar-refractivity contribution >= 4 is 12.0 Å². The van der Waals surface area contributed by atoms with Gasteiger partial charge >= 0.3 is 12.0 Å². The Kier molecular flexibility index (Phi) is 7.50. The van der Waals surface area contributed by atoms with E-state index in [0.717, 1.165) is 38.9 Å². The molecule has 0 aromatic heterocycles. The fraction of sp³-hybridized carbons (Fsp3) is 0.867. The zero-order valence-corrected chi connectivity index (χ0v) is 13.5. The highest BCUT2D eigenvalue weighted by Crippen LogP contribution is 2.21. The van der Waals surface area contributed by atoms with Crippen molar-refractivity contribution in [2.24, 2.45) is 5.92 Å². The van der Waals surface area contributed by atoms with E-state index in [-0.39, 0.29) is 18.4 Å². The maximum Gasteiger partial charge on any atom is 0.319 e. The van der Waals surface area contributed by atoms with Crippen molar-refractivity contribution in [1.82, 2.24) is 14.7 Å². The first-order valence-electron chi connectivity index (χ1n) is 7.84. The van der Waals surface area contributed by atoms with Gasteiger partial charge in [-0.2, -0.15) is 0 Å². The SMILES string of the molecule is CCN(CCCN(C)C)C(=O)N1CCC(CC(=O)O)CC1. The zero-order chi connectivity index (χ0) is 15.8.